The van der Waals surface area contributed by atoms with Gasteiger partial charge in [0, 0.05) is 23.3 Å². The Labute approximate surface area is 138 Å². The molecule has 0 aliphatic carbocycles. The van der Waals surface area contributed by atoms with Crippen LogP contribution < -0.4 is 11.6 Å². The monoisotopic (exact) mass is 331 g/mol. The zero-order valence-corrected chi connectivity index (χ0v) is 13.0. The van der Waals surface area contributed by atoms with E-state index in [0.717, 1.165) is 6.07 Å². The molecule has 0 bridgehead atoms. The standard InChI is InChI=1S/C16H14N2O5.H3N/c1-2-23-17-16(20)14-10-12(18(21)22)8-9-13(14)15(19)11-6-4-3-5-7-11;/h3-10H,2H2,1H3,(H,17,20);1H3. The van der Waals surface area contributed by atoms with Crippen LogP contribution in [-0.2, 0) is 4.84 Å². The van der Waals surface area contributed by atoms with Crippen molar-refractivity contribution >= 4 is 17.4 Å². The van der Waals surface area contributed by atoms with E-state index >= 15 is 0 Å². The molecule has 0 radical (unpaired) electrons. The first-order chi connectivity index (χ1) is 11.0. The van der Waals surface area contributed by atoms with Gasteiger partial charge in [0.1, 0.15) is 0 Å². The average Bonchev–Trinajstić information content (AvgIpc) is 2.59. The maximum atomic E-state index is 12.5. The Balaban J connectivity index is 0.00000288. The van der Waals surface area contributed by atoms with E-state index < -0.39 is 16.6 Å². The zero-order valence-electron chi connectivity index (χ0n) is 13.0. The van der Waals surface area contributed by atoms with E-state index in [9.17, 15) is 19.7 Å². The summed E-state index contributed by atoms with van der Waals surface area (Å²) < 4.78 is 0. The van der Waals surface area contributed by atoms with Crippen LogP contribution in [0.1, 0.15) is 33.2 Å². The van der Waals surface area contributed by atoms with Gasteiger partial charge >= 0.3 is 0 Å². The number of hydroxylamine groups is 1. The molecule has 2 rings (SSSR count). The topological polar surface area (TPSA) is 134 Å². The first kappa shape index (κ1) is 18.9. The number of ketones is 1. The normalized spacial score (nSPS) is 9.71. The van der Waals surface area contributed by atoms with Crippen molar-refractivity contribution in [2.45, 2.75) is 6.92 Å². The molecule has 2 aromatic carbocycles. The molecule has 0 fully saturated rings. The second-order valence-electron chi connectivity index (χ2n) is 4.55. The fourth-order valence-electron chi connectivity index (χ4n) is 1.97. The highest BCUT2D eigenvalue weighted by atomic mass is 16.6. The Hall–Kier alpha value is -3.10. The number of nitro benzene ring substituents is 1. The summed E-state index contributed by atoms with van der Waals surface area (Å²) in [6.45, 7) is 1.90. The summed E-state index contributed by atoms with van der Waals surface area (Å²) in [5.41, 5.74) is 2.21. The van der Waals surface area contributed by atoms with Gasteiger partial charge < -0.3 is 6.15 Å². The predicted octanol–water partition coefficient (Wildman–Crippen LogP) is 2.67. The van der Waals surface area contributed by atoms with Gasteiger partial charge in [-0.1, -0.05) is 30.3 Å². The van der Waals surface area contributed by atoms with Gasteiger partial charge in [-0.3, -0.25) is 24.5 Å². The quantitative estimate of drug-likeness (QED) is 0.475. The van der Waals surface area contributed by atoms with Gasteiger partial charge in [-0.05, 0) is 13.0 Å². The lowest BCUT2D eigenvalue weighted by Gasteiger charge is -2.09. The molecule has 4 N–H and O–H groups in total. The van der Waals surface area contributed by atoms with Crippen molar-refractivity contribution in [3.05, 3.63) is 75.3 Å². The minimum atomic E-state index is -0.713. The maximum Gasteiger partial charge on any atom is 0.275 e. The molecule has 0 saturated carbocycles. The van der Waals surface area contributed by atoms with Gasteiger partial charge in [0.2, 0.25) is 0 Å². The molecule has 0 aliphatic heterocycles. The van der Waals surface area contributed by atoms with Crippen LogP contribution in [0.15, 0.2) is 48.5 Å². The number of nitrogens with zero attached hydrogens (tertiary/aromatic N) is 1. The van der Waals surface area contributed by atoms with Crippen LogP contribution in [0.5, 0.6) is 0 Å². The molecule has 0 unspecified atom stereocenters. The lowest BCUT2D eigenvalue weighted by Crippen LogP contribution is -2.26. The first-order valence-corrected chi connectivity index (χ1v) is 6.85. The highest BCUT2D eigenvalue weighted by molar-refractivity contribution is 6.15. The number of nitrogens with one attached hydrogen (secondary N) is 1. The molecule has 8 nitrogen and oxygen atoms in total. The van der Waals surface area contributed by atoms with Gasteiger partial charge in [-0.25, -0.2) is 5.48 Å². The number of hydrogen-bond donors (Lipinski definition) is 2. The van der Waals surface area contributed by atoms with Crippen LogP contribution >= 0.6 is 0 Å². The number of benzene rings is 2. The molecular formula is C16H17N3O5. The van der Waals surface area contributed by atoms with Crippen molar-refractivity contribution in [1.82, 2.24) is 11.6 Å². The smallest absolute Gasteiger partial charge is 0.275 e. The summed E-state index contributed by atoms with van der Waals surface area (Å²) in [6.07, 6.45) is 0. The number of non-ortho nitro benzene ring substituents is 1. The second kappa shape index (κ2) is 8.51. The summed E-state index contributed by atoms with van der Waals surface area (Å²) in [4.78, 5) is 39.7. The summed E-state index contributed by atoms with van der Waals surface area (Å²) in [7, 11) is 0. The largest absolute Gasteiger partial charge is 0.344 e. The average molecular weight is 331 g/mol. The summed E-state index contributed by atoms with van der Waals surface area (Å²) in [5, 5.41) is 10.9. The van der Waals surface area contributed by atoms with E-state index in [1.807, 2.05) is 0 Å². The van der Waals surface area contributed by atoms with Gasteiger partial charge in [0.25, 0.3) is 11.6 Å². The minimum Gasteiger partial charge on any atom is -0.344 e. The third-order valence-corrected chi connectivity index (χ3v) is 3.05. The Morgan fingerprint density at radius 1 is 1.12 bits per heavy atom. The lowest BCUT2D eigenvalue weighted by atomic mass is 9.97. The van der Waals surface area contributed by atoms with Gasteiger partial charge in [-0.15, -0.1) is 0 Å². The third kappa shape index (κ3) is 4.22. The van der Waals surface area contributed by atoms with Crippen LogP contribution in [-0.4, -0.2) is 23.2 Å². The van der Waals surface area contributed by atoms with Crippen molar-refractivity contribution in [2.24, 2.45) is 0 Å². The minimum absolute atomic E-state index is 0. The SMILES string of the molecule is CCONC(=O)c1cc([N+](=O)[O-])ccc1C(=O)c1ccccc1.N. The first-order valence-electron chi connectivity index (χ1n) is 6.85. The van der Waals surface area contributed by atoms with E-state index in [0.29, 0.717) is 5.56 Å². The zero-order chi connectivity index (χ0) is 16.8. The Kier molecular flexibility index (Phi) is 6.72. The van der Waals surface area contributed by atoms with Crippen LogP contribution in [0.2, 0.25) is 0 Å². The second-order valence-corrected chi connectivity index (χ2v) is 4.55. The molecule has 8 heteroatoms. The highest BCUT2D eigenvalue weighted by Gasteiger charge is 2.22. The fourth-order valence-corrected chi connectivity index (χ4v) is 1.97. The van der Waals surface area contributed by atoms with Crippen molar-refractivity contribution in [1.29, 1.82) is 0 Å². The van der Waals surface area contributed by atoms with Crippen LogP contribution in [0.3, 0.4) is 0 Å². The third-order valence-electron chi connectivity index (χ3n) is 3.05. The van der Waals surface area contributed by atoms with Crippen molar-refractivity contribution in [3.8, 4) is 0 Å². The highest BCUT2D eigenvalue weighted by Crippen LogP contribution is 2.21. The van der Waals surface area contributed by atoms with Gasteiger partial charge in [0.15, 0.2) is 5.78 Å². The summed E-state index contributed by atoms with van der Waals surface area (Å²) in [5.74, 6) is -1.11. The molecule has 0 saturated heterocycles. The number of rotatable bonds is 6. The van der Waals surface area contributed by atoms with Crippen LogP contribution in [0.25, 0.3) is 0 Å². The van der Waals surface area contributed by atoms with Crippen LogP contribution in [0, 0.1) is 10.1 Å². The molecule has 24 heavy (non-hydrogen) atoms. The molecule has 0 heterocycles. The molecule has 2 aromatic rings. The Morgan fingerprint density at radius 2 is 1.79 bits per heavy atom. The number of carbonyl (C=O) groups is 2. The molecule has 0 aromatic heterocycles. The number of hydrogen-bond acceptors (Lipinski definition) is 6. The van der Waals surface area contributed by atoms with E-state index in [-0.39, 0.29) is 29.6 Å². The summed E-state index contributed by atoms with van der Waals surface area (Å²) in [6, 6.07) is 11.9. The fraction of sp³-hybridized carbons (Fsp3) is 0.125. The molecule has 0 aliphatic rings. The molecule has 0 spiro atoms. The number of nitro groups is 1. The maximum absolute atomic E-state index is 12.5. The molecule has 126 valence electrons. The predicted molar refractivity (Wildman–Crippen MR) is 87.1 cm³/mol. The molecule has 0 atom stereocenters. The van der Waals surface area contributed by atoms with Crippen molar-refractivity contribution in [2.75, 3.05) is 6.61 Å². The van der Waals surface area contributed by atoms with Crippen molar-refractivity contribution in [3.63, 3.8) is 0 Å². The number of amides is 1. The lowest BCUT2D eigenvalue weighted by molar-refractivity contribution is -0.384. The number of carbonyl (C=O) groups excluding carboxylic acids is 2. The molecule has 1 amide bonds. The van der Waals surface area contributed by atoms with Crippen LogP contribution in [0.4, 0.5) is 5.69 Å². The van der Waals surface area contributed by atoms with E-state index in [4.69, 9.17) is 4.84 Å². The summed E-state index contributed by atoms with van der Waals surface area (Å²) >= 11 is 0. The van der Waals surface area contributed by atoms with Gasteiger partial charge in [-0.2, -0.15) is 0 Å². The molecular weight excluding hydrogens is 314 g/mol. The van der Waals surface area contributed by atoms with E-state index in [1.54, 1.807) is 37.3 Å². The van der Waals surface area contributed by atoms with Gasteiger partial charge in [0.05, 0.1) is 17.1 Å². The Morgan fingerprint density at radius 3 is 2.38 bits per heavy atom. The van der Waals surface area contributed by atoms with Crippen molar-refractivity contribution < 1.29 is 19.3 Å². The Bertz CT molecular complexity index is 747. The van der Waals surface area contributed by atoms with E-state index in [2.05, 4.69) is 5.48 Å². The van der Waals surface area contributed by atoms with E-state index in [1.165, 1.54) is 12.1 Å².